The van der Waals surface area contributed by atoms with Gasteiger partial charge in [-0.25, -0.2) is 13.2 Å². The van der Waals surface area contributed by atoms with Crippen LogP contribution in [0.3, 0.4) is 0 Å². The van der Waals surface area contributed by atoms with Crippen molar-refractivity contribution in [1.29, 1.82) is 0 Å². The molecule has 0 bridgehead atoms. The molecule has 0 radical (unpaired) electrons. The molecule has 1 rings (SSSR count). The van der Waals surface area contributed by atoms with Crippen molar-refractivity contribution >= 4 is 15.9 Å². The average molecular weight is 268 g/mol. The van der Waals surface area contributed by atoms with Crippen LogP contribution in [-0.2, 0) is 6.42 Å². The monoisotopic (exact) mass is 267 g/mol. The largest absolute Gasteiger partial charge is 0.323 e. The molecule has 14 heavy (non-hydrogen) atoms. The molecule has 1 unspecified atom stereocenters. The number of hydrogen-bond donors (Lipinski definition) is 1. The maximum absolute atomic E-state index is 12.8. The standard InChI is InChI=1S/C9H9BrF3N/c10-6-1-5(2-7(11)4-6)3-8(14)9(12)13/h1-2,4,8-9H,3,14H2. The SMILES string of the molecule is NC(Cc1cc(F)cc(Br)c1)C(F)F. The van der Waals surface area contributed by atoms with E-state index in [2.05, 4.69) is 15.9 Å². The molecule has 0 saturated heterocycles. The molecule has 0 aromatic heterocycles. The summed E-state index contributed by atoms with van der Waals surface area (Å²) < 4.78 is 37.5. The molecule has 5 heteroatoms. The number of hydrogen-bond acceptors (Lipinski definition) is 1. The van der Waals surface area contributed by atoms with E-state index in [1.807, 2.05) is 0 Å². The molecule has 2 N–H and O–H groups in total. The lowest BCUT2D eigenvalue weighted by Gasteiger charge is -2.10. The summed E-state index contributed by atoms with van der Waals surface area (Å²) in [5.41, 5.74) is 5.62. The van der Waals surface area contributed by atoms with Crippen molar-refractivity contribution in [1.82, 2.24) is 0 Å². The maximum atomic E-state index is 12.8. The highest BCUT2D eigenvalue weighted by Gasteiger charge is 2.15. The summed E-state index contributed by atoms with van der Waals surface area (Å²) in [6, 6.07) is 2.79. The number of alkyl halides is 2. The minimum Gasteiger partial charge on any atom is -0.323 e. The summed E-state index contributed by atoms with van der Waals surface area (Å²) in [5.74, 6) is -0.462. The van der Waals surface area contributed by atoms with Crippen molar-refractivity contribution in [2.45, 2.75) is 18.9 Å². The third-order valence-corrected chi connectivity index (χ3v) is 2.18. The van der Waals surface area contributed by atoms with Crippen LogP contribution < -0.4 is 5.73 Å². The Labute approximate surface area is 88.2 Å². The fourth-order valence-corrected chi connectivity index (χ4v) is 1.60. The first-order valence-electron chi connectivity index (χ1n) is 3.97. The number of rotatable bonds is 3. The van der Waals surface area contributed by atoms with Crippen molar-refractivity contribution in [3.63, 3.8) is 0 Å². The second kappa shape index (κ2) is 4.79. The molecule has 0 saturated carbocycles. The van der Waals surface area contributed by atoms with E-state index >= 15 is 0 Å². The molecular formula is C9H9BrF3N. The van der Waals surface area contributed by atoms with E-state index in [4.69, 9.17) is 5.73 Å². The van der Waals surface area contributed by atoms with Gasteiger partial charge in [0.15, 0.2) is 0 Å². The molecule has 0 aliphatic heterocycles. The van der Waals surface area contributed by atoms with E-state index in [1.54, 1.807) is 6.07 Å². The van der Waals surface area contributed by atoms with Gasteiger partial charge in [0.25, 0.3) is 6.43 Å². The van der Waals surface area contributed by atoms with Crippen molar-refractivity contribution in [2.24, 2.45) is 5.73 Å². The summed E-state index contributed by atoms with van der Waals surface area (Å²) in [6.07, 6.45) is -2.62. The fourth-order valence-electron chi connectivity index (χ4n) is 1.09. The van der Waals surface area contributed by atoms with Crippen LogP contribution in [0, 0.1) is 5.82 Å². The normalized spacial score (nSPS) is 13.3. The van der Waals surface area contributed by atoms with Crippen molar-refractivity contribution < 1.29 is 13.2 Å². The maximum Gasteiger partial charge on any atom is 0.253 e. The van der Waals surface area contributed by atoms with Crippen LogP contribution in [0.2, 0.25) is 0 Å². The zero-order valence-electron chi connectivity index (χ0n) is 7.18. The van der Waals surface area contributed by atoms with Gasteiger partial charge in [-0.3, -0.25) is 0 Å². The Morgan fingerprint density at radius 3 is 2.43 bits per heavy atom. The third kappa shape index (κ3) is 3.31. The first kappa shape index (κ1) is 11.5. The zero-order chi connectivity index (χ0) is 10.7. The molecule has 0 spiro atoms. The highest BCUT2D eigenvalue weighted by atomic mass is 79.9. The van der Waals surface area contributed by atoms with Gasteiger partial charge in [0.2, 0.25) is 0 Å². The van der Waals surface area contributed by atoms with Gasteiger partial charge in [0.05, 0.1) is 6.04 Å². The van der Waals surface area contributed by atoms with Crippen LogP contribution in [0.25, 0.3) is 0 Å². The topological polar surface area (TPSA) is 26.0 Å². The molecule has 0 fully saturated rings. The zero-order valence-corrected chi connectivity index (χ0v) is 8.77. The highest BCUT2D eigenvalue weighted by molar-refractivity contribution is 9.10. The Morgan fingerprint density at radius 2 is 1.93 bits per heavy atom. The van der Waals surface area contributed by atoms with Gasteiger partial charge in [-0.05, 0) is 30.2 Å². The molecule has 78 valence electrons. The summed E-state index contributed by atoms with van der Waals surface area (Å²) in [7, 11) is 0. The smallest absolute Gasteiger partial charge is 0.253 e. The second-order valence-electron chi connectivity index (χ2n) is 2.98. The van der Waals surface area contributed by atoms with E-state index in [1.165, 1.54) is 12.1 Å². The first-order chi connectivity index (χ1) is 6.49. The lowest BCUT2D eigenvalue weighted by Crippen LogP contribution is -2.30. The lowest BCUT2D eigenvalue weighted by molar-refractivity contribution is 0.116. The highest BCUT2D eigenvalue weighted by Crippen LogP contribution is 2.17. The number of nitrogens with two attached hydrogens (primary N) is 1. The van der Waals surface area contributed by atoms with E-state index in [-0.39, 0.29) is 6.42 Å². The van der Waals surface area contributed by atoms with Crippen LogP contribution in [-0.4, -0.2) is 12.5 Å². The van der Waals surface area contributed by atoms with E-state index in [0.29, 0.717) is 10.0 Å². The van der Waals surface area contributed by atoms with E-state index < -0.39 is 18.3 Å². The van der Waals surface area contributed by atoms with Crippen molar-refractivity contribution in [2.75, 3.05) is 0 Å². The lowest BCUT2D eigenvalue weighted by atomic mass is 10.1. The third-order valence-electron chi connectivity index (χ3n) is 1.72. The second-order valence-corrected chi connectivity index (χ2v) is 3.90. The molecule has 1 nitrogen and oxygen atoms in total. The predicted molar refractivity (Wildman–Crippen MR) is 51.8 cm³/mol. The molecule has 0 heterocycles. The number of halogens is 4. The number of benzene rings is 1. The minimum atomic E-state index is -2.59. The van der Waals surface area contributed by atoms with Crippen LogP contribution in [0.5, 0.6) is 0 Å². The summed E-state index contributed by atoms with van der Waals surface area (Å²) >= 11 is 3.07. The van der Waals surface area contributed by atoms with Crippen molar-refractivity contribution in [3.8, 4) is 0 Å². The summed E-state index contributed by atoms with van der Waals surface area (Å²) in [5, 5.41) is 0. The van der Waals surface area contributed by atoms with Crippen LogP contribution in [0.4, 0.5) is 13.2 Å². The molecule has 0 amide bonds. The Kier molecular flexibility index (Phi) is 3.95. The summed E-state index contributed by atoms with van der Waals surface area (Å²) in [6.45, 7) is 0. The molecule has 0 aliphatic rings. The average Bonchev–Trinajstić information content (AvgIpc) is 2.01. The molecule has 1 atom stereocenters. The van der Waals surface area contributed by atoms with Gasteiger partial charge < -0.3 is 5.73 Å². The van der Waals surface area contributed by atoms with Gasteiger partial charge in [-0.2, -0.15) is 0 Å². The summed E-state index contributed by atoms with van der Waals surface area (Å²) in [4.78, 5) is 0. The Hall–Kier alpha value is -0.550. The Bertz CT molecular complexity index is 297. The fraction of sp³-hybridized carbons (Fsp3) is 0.333. The van der Waals surface area contributed by atoms with Crippen LogP contribution >= 0.6 is 15.9 Å². The first-order valence-corrected chi connectivity index (χ1v) is 4.77. The van der Waals surface area contributed by atoms with Gasteiger partial charge in [0, 0.05) is 4.47 Å². The van der Waals surface area contributed by atoms with Gasteiger partial charge in [-0.15, -0.1) is 0 Å². The van der Waals surface area contributed by atoms with Crippen molar-refractivity contribution in [3.05, 3.63) is 34.1 Å². The van der Waals surface area contributed by atoms with Crippen LogP contribution in [0.15, 0.2) is 22.7 Å². The van der Waals surface area contributed by atoms with Gasteiger partial charge in [-0.1, -0.05) is 15.9 Å². The quantitative estimate of drug-likeness (QED) is 0.896. The molecule has 1 aromatic carbocycles. The molecule has 1 aromatic rings. The van der Waals surface area contributed by atoms with E-state index in [9.17, 15) is 13.2 Å². The minimum absolute atomic E-state index is 0.0337. The predicted octanol–water partition coefficient (Wildman–Crippen LogP) is 2.72. The van der Waals surface area contributed by atoms with Gasteiger partial charge >= 0.3 is 0 Å². The van der Waals surface area contributed by atoms with E-state index in [0.717, 1.165) is 0 Å². The Morgan fingerprint density at radius 1 is 1.29 bits per heavy atom. The van der Waals surface area contributed by atoms with Gasteiger partial charge in [0.1, 0.15) is 5.82 Å². The molecular weight excluding hydrogens is 259 g/mol. The molecule has 0 aliphatic carbocycles. The Balaban J connectivity index is 2.76. The van der Waals surface area contributed by atoms with Crippen LogP contribution in [0.1, 0.15) is 5.56 Å².